The Morgan fingerprint density at radius 3 is 1.40 bits per heavy atom. The summed E-state index contributed by atoms with van der Waals surface area (Å²) in [5.41, 5.74) is 12.2. The third kappa shape index (κ3) is 9.25. The molecule has 0 aliphatic carbocycles. The summed E-state index contributed by atoms with van der Waals surface area (Å²) in [6, 6.07) is 20.1. The van der Waals surface area contributed by atoms with Crippen molar-refractivity contribution in [2.45, 2.75) is 53.2 Å². The number of nitrogens with one attached hydrogen (secondary N) is 2. The van der Waals surface area contributed by atoms with Crippen LogP contribution in [-0.4, -0.2) is 24.2 Å². The third-order valence-electron chi connectivity index (χ3n) is 8.81. The van der Waals surface area contributed by atoms with E-state index in [0.29, 0.717) is 59.3 Å². The van der Waals surface area contributed by atoms with Crippen LogP contribution in [0.1, 0.15) is 43.1 Å². The summed E-state index contributed by atoms with van der Waals surface area (Å²) < 4.78 is 23.9. The minimum atomic E-state index is 0.352. The topological polar surface area (TPSA) is 86.8 Å². The zero-order valence-electron chi connectivity index (χ0n) is 29.4. The number of ether oxygens (including phenoxy) is 4. The number of thiazole rings is 2. The first-order valence-electron chi connectivity index (χ1n) is 16.7. The van der Waals surface area contributed by atoms with Crippen molar-refractivity contribution in [2.24, 2.45) is 0 Å². The molecule has 2 N–H and O–H groups in total. The van der Waals surface area contributed by atoms with Crippen LogP contribution in [0.3, 0.4) is 0 Å². The summed E-state index contributed by atoms with van der Waals surface area (Å²) in [5.74, 6) is 2.57. The molecule has 8 nitrogen and oxygen atoms in total. The maximum Gasteiger partial charge on any atom is 0.142 e. The summed E-state index contributed by atoms with van der Waals surface area (Å²) in [4.78, 5) is 10.6. The van der Waals surface area contributed by atoms with Crippen LogP contribution >= 0.6 is 45.9 Å². The first-order valence-corrected chi connectivity index (χ1v) is 19.2. The Morgan fingerprint density at radius 1 is 0.577 bits per heavy atom. The SMILES string of the molecule is COc1cc(OCc2cccc(-c3cccc(COc4cc(OC)c(CNCc5cncs5)cc4Cl)c3C)c2C)c(Cl)cc1CNCc1cncs1. The summed E-state index contributed by atoms with van der Waals surface area (Å²) in [6.07, 6.45) is 3.73. The minimum Gasteiger partial charge on any atom is -0.496 e. The van der Waals surface area contributed by atoms with E-state index in [2.05, 4.69) is 70.8 Å². The molecule has 2 aromatic heterocycles. The number of nitrogens with zero attached hydrogens (tertiary/aromatic N) is 2. The lowest BCUT2D eigenvalue weighted by atomic mass is 9.92. The van der Waals surface area contributed by atoms with Gasteiger partial charge in [0.05, 0.1) is 35.3 Å². The molecular formula is C40H40Cl2N4O4S2. The Hall–Kier alpha value is -4.16. The van der Waals surface area contributed by atoms with Gasteiger partial charge in [-0.05, 0) is 59.4 Å². The predicted octanol–water partition coefficient (Wildman–Crippen LogP) is 9.95. The highest BCUT2D eigenvalue weighted by atomic mass is 35.5. The molecule has 6 rings (SSSR count). The smallest absolute Gasteiger partial charge is 0.142 e. The number of aromatic nitrogens is 2. The molecule has 12 heteroatoms. The fourth-order valence-corrected chi connectivity index (χ4v) is 7.51. The second kappa shape index (κ2) is 18.1. The molecule has 0 atom stereocenters. The molecule has 0 amide bonds. The fraction of sp³-hybridized carbons (Fsp3) is 0.250. The van der Waals surface area contributed by atoms with Gasteiger partial charge in [-0.2, -0.15) is 0 Å². The van der Waals surface area contributed by atoms with Crippen molar-refractivity contribution in [2.75, 3.05) is 14.2 Å². The van der Waals surface area contributed by atoms with Crippen LogP contribution in [0.25, 0.3) is 11.1 Å². The number of halogens is 2. The average molecular weight is 776 g/mol. The lowest BCUT2D eigenvalue weighted by Gasteiger charge is -2.18. The highest BCUT2D eigenvalue weighted by Crippen LogP contribution is 2.37. The molecule has 0 aliphatic heterocycles. The van der Waals surface area contributed by atoms with Gasteiger partial charge in [-0.15, -0.1) is 22.7 Å². The Labute approximate surface area is 322 Å². The Bertz CT molecular complexity index is 1940. The first-order chi connectivity index (χ1) is 25.3. The van der Waals surface area contributed by atoms with Crippen LogP contribution in [0.5, 0.6) is 23.0 Å². The van der Waals surface area contributed by atoms with Crippen molar-refractivity contribution in [1.29, 1.82) is 0 Å². The van der Waals surface area contributed by atoms with Gasteiger partial charge in [0.1, 0.15) is 36.2 Å². The second-order valence-corrected chi connectivity index (χ2v) is 14.8. The first kappa shape index (κ1) is 37.6. The molecule has 4 aromatic carbocycles. The summed E-state index contributed by atoms with van der Waals surface area (Å²) in [7, 11) is 3.31. The third-order valence-corrected chi connectivity index (χ3v) is 11.0. The normalized spacial score (nSPS) is 11.1. The second-order valence-electron chi connectivity index (χ2n) is 12.1. The van der Waals surface area contributed by atoms with E-state index >= 15 is 0 Å². The lowest BCUT2D eigenvalue weighted by molar-refractivity contribution is 0.302. The maximum atomic E-state index is 6.71. The van der Waals surface area contributed by atoms with Crippen molar-refractivity contribution < 1.29 is 18.9 Å². The molecule has 0 radical (unpaired) electrons. The van der Waals surface area contributed by atoms with Crippen LogP contribution in [0.2, 0.25) is 10.0 Å². The van der Waals surface area contributed by atoms with Crippen molar-refractivity contribution in [3.05, 3.63) is 137 Å². The van der Waals surface area contributed by atoms with E-state index in [0.717, 1.165) is 67.4 Å². The summed E-state index contributed by atoms with van der Waals surface area (Å²) in [6.45, 7) is 7.60. The summed E-state index contributed by atoms with van der Waals surface area (Å²) in [5, 5.41) is 7.91. The van der Waals surface area contributed by atoms with Crippen LogP contribution < -0.4 is 29.6 Å². The van der Waals surface area contributed by atoms with Crippen molar-refractivity contribution in [3.63, 3.8) is 0 Å². The van der Waals surface area contributed by atoms with Crippen LogP contribution in [0.15, 0.2) is 84.1 Å². The van der Waals surface area contributed by atoms with Gasteiger partial charge in [-0.1, -0.05) is 59.6 Å². The van der Waals surface area contributed by atoms with Crippen molar-refractivity contribution >= 4 is 45.9 Å². The highest BCUT2D eigenvalue weighted by molar-refractivity contribution is 7.09. The Balaban J connectivity index is 1.12. The maximum absolute atomic E-state index is 6.71. The lowest BCUT2D eigenvalue weighted by Crippen LogP contribution is -2.13. The molecule has 0 fully saturated rings. The molecular weight excluding hydrogens is 736 g/mol. The monoisotopic (exact) mass is 774 g/mol. The predicted molar refractivity (Wildman–Crippen MR) is 211 cm³/mol. The average Bonchev–Trinajstić information content (AvgIpc) is 3.87. The van der Waals surface area contributed by atoms with E-state index in [1.165, 1.54) is 0 Å². The van der Waals surface area contributed by atoms with Gasteiger partial charge in [-0.25, -0.2) is 0 Å². The number of hydrogen-bond donors (Lipinski definition) is 2. The van der Waals surface area contributed by atoms with E-state index in [4.69, 9.17) is 42.1 Å². The number of methoxy groups -OCH3 is 2. The van der Waals surface area contributed by atoms with E-state index < -0.39 is 0 Å². The van der Waals surface area contributed by atoms with Gasteiger partial charge in [0.15, 0.2) is 0 Å². The molecule has 270 valence electrons. The van der Waals surface area contributed by atoms with E-state index in [1.54, 1.807) is 36.9 Å². The minimum absolute atomic E-state index is 0.352. The molecule has 0 saturated heterocycles. The summed E-state index contributed by atoms with van der Waals surface area (Å²) >= 11 is 16.6. The number of rotatable bonds is 17. The molecule has 0 bridgehead atoms. The quantitative estimate of drug-likeness (QED) is 0.0948. The van der Waals surface area contributed by atoms with E-state index in [-0.39, 0.29) is 0 Å². The largest absolute Gasteiger partial charge is 0.496 e. The van der Waals surface area contributed by atoms with Crippen LogP contribution in [0.4, 0.5) is 0 Å². The molecule has 2 heterocycles. The van der Waals surface area contributed by atoms with E-state index in [1.807, 2.05) is 47.7 Å². The molecule has 0 spiro atoms. The van der Waals surface area contributed by atoms with Gasteiger partial charge in [0.25, 0.3) is 0 Å². The molecule has 0 saturated carbocycles. The van der Waals surface area contributed by atoms with Gasteiger partial charge in [0, 0.05) is 71.6 Å². The Kier molecular flexibility index (Phi) is 13.1. The van der Waals surface area contributed by atoms with Crippen molar-refractivity contribution in [1.82, 2.24) is 20.6 Å². The zero-order chi connectivity index (χ0) is 36.5. The van der Waals surface area contributed by atoms with E-state index in [9.17, 15) is 0 Å². The van der Waals surface area contributed by atoms with Crippen LogP contribution in [-0.2, 0) is 39.4 Å². The Morgan fingerprint density at radius 2 is 1.02 bits per heavy atom. The van der Waals surface area contributed by atoms with Gasteiger partial charge in [0.2, 0.25) is 0 Å². The number of hydrogen-bond acceptors (Lipinski definition) is 10. The van der Waals surface area contributed by atoms with Gasteiger partial charge < -0.3 is 29.6 Å². The molecule has 0 unspecified atom stereocenters. The molecule has 6 aromatic rings. The van der Waals surface area contributed by atoms with Gasteiger partial charge >= 0.3 is 0 Å². The zero-order valence-corrected chi connectivity index (χ0v) is 32.6. The van der Waals surface area contributed by atoms with Gasteiger partial charge in [-0.3, -0.25) is 9.97 Å². The fourth-order valence-electron chi connectivity index (χ4n) is 5.90. The molecule has 0 aliphatic rings. The molecule has 52 heavy (non-hydrogen) atoms. The van der Waals surface area contributed by atoms with Crippen LogP contribution in [0, 0.1) is 13.8 Å². The standard InChI is InChI=1S/C40H40Cl2N4O4S2/c1-25-27(21-49-39-13-37(47-3)29(11-35(39)41)15-43-17-31-19-45-23-51-31)7-5-9-33(25)34-10-6-8-28(26(34)2)22-50-40-14-38(48-4)30(12-36(40)42)16-44-18-32-20-46-24-52-32/h5-14,19-20,23-24,43-44H,15-18,21-22H2,1-4H3. The highest BCUT2D eigenvalue weighted by Gasteiger charge is 2.16. The number of benzene rings is 4. The van der Waals surface area contributed by atoms with Crippen molar-refractivity contribution in [3.8, 4) is 34.1 Å².